The molecule has 7 nitrogen and oxygen atoms in total. The van der Waals surface area contributed by atoms with Gasteiger partial charge < -0.3 is 9.80 Å². The van der Waals surface area contributed by atoms with E-state index in [1.165, 1.54) is 24.3 Å². The van der Waals surface area contributed by atoms with Gasteiger partial charge in [0.25, 0.3) is 11.6 Å². The second-order valence-corrected chi connectivity index (χ2v) is 7.68. The van der Waals surface area contributed by atoms with Crippen LogP contribution in [0.5, 0.6) is 0 Å². The Kier molecular flexibility index (Phi) is 6.26. The molecule has 0 N–H and O–H groups in total. The maximum Gasteiger partial charge on any atom is 0.269 e. The zero-order valence-electron chi connectivity index (χ0n) is 17.5. The lowest BCUT2D eigenvalue weighted by atomic mass is 9.90. The molecule has 0 spiro atoms. The quantitative estimate of drug-likeness (QED) is 0.457. The van der Waals surface area contributed by atoms with Gasteiger partial charge in [-0.15, -0.1) is 0 Å². The Morgan fingerprint density at radius 3 is 1.66 bits per heavy atom. The van der Waals surface area contributed by atoms with E-state index >= 15 is 0 Å². The van der Waals surface area contributed by atoms with E-state index < -0.39 is 10.8 Å². The van der Waals surface area contributed by atoms with E-state index in [4.69, 9.17) is 0 Å². The highest BCUT2D eigenvalue weighted by atomic mass is 16.6. The lowest BCUT2D eigenvalue weighted by Crippen LogP contribution is -2.51. The number of non-ortho nitro benzene ring substituents is 1. The topological polar surface area (TPSA) is 83.8 Å². The molecule has 3 aromatic rings. The Morgan fingerprint density at radius 1 is 0.719 bits per heavy atom. The maximum absolute atomic E-state index is 13.5. The molecule has 1 fully saturated rings. The number of piperazine rings is 1. The summed E-state index contributed by atoms with van der Waals surface area (Å²) in [6.45, 7) is 1.71. The second-order valence-electron chi connectivity index (χ2n) is 7.68. The first kappa shape index (κ1) is 21.2. The van der Waals surface area contributed by atoms with Crippen LogP contribution in [0.25, 0.3) is 0 Å². The fourth-order valence-electron chi connectivity index (χ4n) is 3.99. The number of nitro benzene ring substituents is 1. The molecule has 0 aromatic heterocycles. The zero-order chi connectivity index (χ0) is 22.5. The molecule has 32 heavy (non-hydrogen) atoms. The van der Waals surface area contributed by atoms with Crippen LogP contribution >= 0.6 is 0 Å². The molecule has 2 amide bonds. The molecule has 0 bridgehead atoms. The molecule has 1 heterocycles. The first-order valence-corrected chi connectivity index (χ1v) is 10.5. The highest BCUT2D eigenvalue weighted by molar-refractivity contribution is 5.94. The van der Waals surface area contributed by atoms with Gasteiger partial charge in [-0.2, -0.15) is 0 Å². The lowest BCUT2D eigenvalue weighted by Gasteiger charge is -2.36. The molecule has 4 rings (SSSR count). The summed E-state index contributed by atoms with van der Waals surface area (Å²) < 4.78 is 0. The summed E-state index contributed by atoms with van der Waals surface area (Å²) in [5, 5.41) is 10.8. The minimum Gasteiger partial charge on any atom is -0.338 e. The minimum absolute atomic E-state index is 0.0184. The van der Waals surface area contributed by atoms with Gasteiger partial charge >= 0.3 is 0 Å². The SMILES string of the molecule is O=C(c1ccc([N+](=O)[O-])cc1)N1CCN(C(=O)C(c2ccccc2)c2ccccc2)CC1. The number of hydrogen-bond donors (Lipinski definition) is 0. The van der Waals surface area contributed by atoms with Gasteiger partial charge in [-0.3, -0.25) is 19.7 Å². The van der Waals surface area contributed by atoms with Crippen LogP contribution in [0.2, 0.25) is 0 Å². The summed E-state index contributed by atoms with van der Waals surface area (Å²) in [4.78, 5) is 40.1. The number of nitro groups is 1. The number of nitrogens with zero attached hydrogens (tertiary/aromatic N) is 3. The van der Waals surface area contributed by atoms with Crippen molar-refractivity contribution in [2.24, 2.45) is 0 Å². The molecular formula is C25H23N3O4. The third-order valence-corrected chi connectivity index (χ3v) is 5.72. The average molecular weight is 429 g/mol. The predicted molar refractivity (Wildman–Crippen MR) is 120 cm³/mol. The average Bonchev–Trinajstić information content (AvgIpc) is 2.85. The largest absolute Gasteiger partial charge is 0.338 e. The molecule has 0 saturated carbocycles. The smallest absolute Gasteiger partial charge is 0.269 e. The standard InChI is InChI=1S/C25H23N3O4/c29-24(21-11-13-22(14-12-21)28(31)32)26-15-17-27(18-16-26)25(30)23(19-7-3-1-4-8-19)20-9-5-2-6-10-20/h1-14,23H,15-18H2. The van der Waals surface area contributed by atoms with E-state index in [0.717, 1.165) is 11.1 Å². The minimum atomic E-state index is -0.492. The van der Waals surface area contributed by atoms with Gasteiger partial charge in [0.05, 0.1) is 10.8 Å². The molecule has 1 aliphatic rings. The fourth-order valence-corrected chi connectivity index (χ4v) is 3.99. The van der Waals surface area contributed by atoms with Crippen LogP contribution in [0.3, 0.4) is 0 Å². The van der Waals surface area contributed by atoms with Crippen molar-refractivity contribution in [2.45, 2.75) is 5.92 Å². The third-order valence-electron chi connectivity index (χ3n) is 5.72. The van der Waals surface area contributed by atoms with Gasteiger partial charge in [0.1, 0.15) is 0 Å². The molecule has 7 heteroatoms. The predicted octanol–water partition coefficient (Wildman–Crippen LogP) is 3.71. The van der Waals surface area contributed by atoms with Crippen LogP contribution in [0.1, 0.15) is 27.4 Å². The zero-order valence-corrected chi connectivity index (χ0v) is 17.5. The van der Waals surface area contributed by atoms with Crippen LogP contribution < -0.4 is 0 Å². The summed E-state index contributed by atoms with van der Waals surface area (Å²) in [5.74, 6) is -0.561. The maximum atomic E-state index is 13.5. The number of carbonyl (C=O) groups is 2. The van der Waals surface area contributed by atoms with Crippen molar-refractivity contribution >= 4 is 17.5 Å². The van der Waals surface area contributed by atoms with Crippen molar-refractivity contribution in [3.8, 4) is 0 Å². The van der Waals surface area contributed by atoms with Gasteiger partial charge in [-0.25, -0.2) is 0 Å². The first-order chi connectivity index (χ1) is 15.5. The van der Waals surface area contributed by atoms with Crippen molar-refractivity contribution in [1.29, 1.82) is 0 Å². The van der Waals surface area contributed by atoms with Gasteiger partial charge in [0.15, 0.2) is 0 Å². The molecule has 1 aliphatic heterocycles. The fraction of sp³-hybridized carbons (Fsp3) is 0.200. The third kappa shape index (κ3) is 4.51. The number of rotatable bonds is 5. The van der Waals surface area contributed by atoms with Gasteiger partial charge in [0, 0.05) is 43.9 Å². The highest BCUT2D eigenvalue weighted by Crippen LogP contribution is 2.27. The monoisotopic (exact) mass is 429 g/mol. The van der Waals surface area contributed by atoms with E-state index in [2.05, 4.69) is 0 Å². The molecule has 162 valence electrons. The number of benzene rings is 3. The van der Waals surface area contributed by atoms with E-state index in [9.17, 15) is 19.7 Å². The van der Waals surface area contributed by atoms with Crippen LogP contribution in [0.15, 0.2) is 84.9 Å². The van der Waals surface area contributed by atoms with E-state index in [-0.39, 0.29) is 17.5 Å². The second kappa shape index (κ2) is 9.43. The highest BCUT2D eigenvalue weighted by Gasteiger charge is 2.31. The van der Waals surface area contributed by atoms with Crippen molar-refractivity contribution in [3.05, 3.63) is 112 Å². The Bertz CT molecular complexity index is 1050. The summed E-state index contributed by atoms with van der Waals surface area (Å²) in [6.07, 6.45) is 0. The van der Waals surface area contributed by atoms with Crippen molar-refractivity contribution in [1.82, 2.24) is 9.80 Å². The molecule has 0 radical (unpaired) electrons. The van der Waals surface area contributed by atoms with Crippen molar-refractivity contribution in [2.75, 3.05) is 26.2 Å². The molecule has 3 aromatic carbocycles. The number of amides is 2. The first-order valence-electron chi connectivity index (χ1n) is 10.5. The number of carbonyl (C=O) groups excluding carboxylic acids is 2. The van der Waals surface area contributed by atoms with Gasteiger partial charge in [0.2, 0.25) is 5.91 Å². The Labute approximate surface area is 186 Å². The summed E-state index contributed by atoms with van der Waals surface area (Å²) in [6, 6.07) is 25.0. The Balaban J connectivity index is 1.46. The normalized spacial score (nSPS) is 13.8. The molecule has 0 aliphatic carbocycles. The van der Waals surface area contributed by atoms with Crippen LogP contribution in [0.4, 0.5) is 5.69 Å². The molecular weight excluding hydrogens is 406 g/mol. The summed E-state index contributed by atoms with van der Waals surface area (Å²) in [5.41, 5.74) is 2.23. The summed E-state index contributed by atoms with van der Waals surface area (Å²) in [7, 11) is 0. The molecule has 0 atom stereocenters. The van der Waals surface area contributed by atoms with Crippen molar-refractivity contribution in [3.63, 3.8) is 0 Å². The van der Waals surface area contributed by atoms with Crippen molar-refractivity contribution < 1.29 is 14.5 Å². The lowest BCUT2D eigenvalue weighted by molar-refractivity contribution is -0.384. The van der Waals surface area contributed by atoms with Crippen LogP contribution in [0, 0.1) is 10.1 Å². The van der Waals surface area contributed by atoms with Gasteiger partial charge in [-0.05, 0) is 23.3 Å². The van der Waals surface area contributed by atoms with Gasteiger partial charge in [-0.1, -0.05) is 60.7 Å². The molecule has 1 saturated heterocycles. The van der Waals surface area contributed by atoms with E-state index in [0.29, 0.717) is 31.7 Å². The van der Waals surface area contributed by atoms with Crippen LogP contribution in [-0.4, -0.2) is 52.7 Å². The van der Waals surface area contributed by atoms with Crippen LogP contribution in [-0.2, 0) is 4.79 Å². The Morgan fingerprint density at radius 2 is 1.19 bits per heavy atom. The van der Waals surface area contributed by atoms with E-state index in [1.807, 2.05) is 65.6 Å². The number of hydrogen-bond acceptors (Lipinski definition) is 4. The summed E-state index contributed by atoms with van der Waals surface area (Å²) >= 11 is 0. The molecule has 0 unspecified atom stereocenters. The Hall–Kier alpha value is -4.00. The van der Waals surface area contributed by atoms with E-state index in [1.54, 1.807) is 4.90 Å².